The van der Waals surface area contributed by atoms with E-state index in [4.69, 9.17) is 9.47 Å². The molecule has 6 nitrogen and oxygen atoms in total. The maximum absolute atomic E-state index is 12.8. The van der Waals surface area contributed by atoms with E-state index < -0.39 is 23.2 Å². The molecule has 4 rings (SSSR count). The number of carbonyl (C=O) groups excluding carboxylic acids is 2. The highest BCUT2D eigenvalue weighted by atomic mass is 16.6. The Kier molecular flexibility index (Phi) is 9.39. The second-order valence-corrected chi connectivity index (χ2v) is 16.2. The van der Waals surface area contributed by atoms with Gasteiger partial charge in [0.25, 0.3) is 0 Å². The molecular weight excluding hydrogens is 516 g/mol. The molecule has 0 saturated heterocycles. The smallest absolute Gasteiger partial charge is 0.311 e. The van der Waals surface area contributed by atoms with Gasteiger partial charge in [0, 0.05) is 6.42 Å². The van der Waals surface area contributed by atoms with E-state index in [0.717, 1.165) is 64.2 Å². The Morgan fingerprint density at radius 3 is 2.27 bits per heavy atom. The highest BCUT2D eigenvalue weighted by molar-refractivity contribution is 5.76. The van der Waals surface area contributed by atoms with Crippen LogP contribution in [0.3, 0.4) is 0 Å². The number of rotatable bonds is 9. The molecule has 0 aliphatic heterocycles. The van der Waals surface area contributed by atoms with Crippen molar-refractivity contribution in [2.24, 2.45) is 51.8 Å². The molecule has 0 bridgehead atoms. The van der Waals surface area contributed by atoms with Crippen LogP contribution < -0.4 is 0 Å². The molecule has 11 atom stereocenters. The van der Waals surface area contributed by atoms with E-state index in [9.17, 15) is 19.8 Å². The number of fused-ring (bicyclic) bond motifs is 5. The van der Waals surface area contributed by atoms with Crippen molar-refractivity contribution in [3.63, 3.8) is 0 Å². The number of aliphatic hydroxyl groups is 2. The van der Waals surface area contributed by atoms with Gasteiger partial charge in [-0.15, -0.1) is 0 Å². The van der Waals surface area contributed by atoms with Crippen LogP contribution in [0.1, 0.15) is 133 Å². The van der Waals surface area contributed by atoms with E-state index in [0.29, 0.717) is 24.2 Å². The van der Waals surface area contributed by atoms with Crippen molar-refractivity contribution < 1.29 is 29.3 Å². The molecular formula is C35H60O6. The third kappa shape index (κ3) is 5.99. The van der Waals surface area contributed by atoms with E-state index in [1.54, 1.807) is 0 Å². The van der Waals surface area contributed by atoms with E-state index in [1.165, 1.54) is 0 Å². The van der Waals surface area contributed by atoms with Crippen LogP contribution in [0.2, 0.25) is 0 Å². The van der Waals surface area contributed by atoms with Crippen LogP contribution in [-0.2, 0) is 19.1 Å². The molecule has 6 heteroatoms. The van der Waals surface area contributed by atoms with Gasteiger partial charge in [0.15, 0.2) is 0 Å². The second kappa shape index (κ2) is 11.7. The van der Waals surface area contributed by atoms with Gasteiger partial charge < -0.3 is 19.7 Å². The number of ether oxygens (including phenoxy) is 2. The maximum Gasteiger partial charge on any atom is 0.311 e. The SMILES string of the molecule is CCC(C)(C)OC(=O)CCC(C)C1CCC2C3C(O)CC4CC(OC(=O)C(C)(C)CC)CC[C@]4(C)C3CC(O)[C@]12C. The van der Waals surface area contributed by atoms with E-state index in [1.807, 2.05) is 41.5 Å². The topological polar surface area (TPSA) is 93.1 Å². The van der Waals surface area contributed by atoms with Gasteiger partial charge in [-0.2, -0.15) is 0 Å². The fourth-order valence-corrected chi connectivity index (χ4v) is 9.66. The highest BCUT2D eigenvalue weighted by Gasteiger charge is 2.66. The minimum atomic E-state index is -0.474. The van der Waals surface area contributed by atoms with Crippen molar-refractivity contribution in [1.29, 1.82) is 0 Å². The minimum absolute atomic E-state index is 0.0366. The molecule has 4 aliphatic rings. The second-order valence-electron chi connectivity index (χ2n) is 16.2. The maximum atomic E-state index is 12.8. The van der Waals surface area contributed by atoms with E-state index >= 15 is 0 Å². The van der Waals surface area contributed by atoms with Gasteiger partial charge in [0.05, 0.1) is 17.6 Å². The summed E-state index contributed by atoms with van der Waals surface area (Å²) in [4.78, 5) is 25.4. The molecule has 9 unspecified atom stereocenters. The standard InChI is InChI=1S/C35H60O6/c1-10-32(4,5)31(39)40-23-16-17-34(8)22(18-23)19-27(36)30-25-14-13-24(35(25,9)28(37)20-26(30)34)21(3)12-15-29(38)41-33(6,7)11-2/h21-28,30,36-37H,10-20H2,1-9H3/t21?,22?,23?,24?,25?,26?,27?,28?,30?,34-,35+/m0/s1. The Labute approximate surface area is 249 Å². The third-order valence-electron chi connectivity index (χ3n) is 13.3. The summed E-state index contributed by atoms with van der Waals surface area (Å²) in [6.07, 6.45) is 8.02. The highest BCUT2D eigenvalue weighted by Crippen LogP contribution is 2.68. The number of carbonyl (C=O) groups is 2. The molecule has 2 N–H and O–H groups in total. The van der Waals surface area contributed by atoms with Crippen molar-refractivity contribution in [3.05, 3.63) is 0 Å². The Balaban J connectivity index is 1.45. The molecule has 4 fully saturated rings. The van der Waals surface area contributed by atoms with E-state index in [-0.39, 0.29) is 46.6 Å². The summed E-state index contributed by atoms with van der Waals surface area (Å²) in [5.41, 5.74) is -1.12. The molecule has 0 aromatic carbocycles. The number of hydrogen-bond acceptors (Lipinski definition) is 6. The predicted molar refractivity (Wildman–Crippen MR) is 161 cm³/mol. The molecule has 41 heavy (non-hydrogen) atoms. The largest absolute Gasteiger partial charge is 0.462 e. The third-order valence-corrected chi connectivity index (χ3v) is 13.3. The molecule has 0 amide bonds. The van der Waals surface area contributed by atoms with Crippen LogP contribution in [0.5, 0.6) is 0 Å². The van der Waals surface area contributed by atoms with Gasteiger partial charge >= 0.3 is 11.9 Å². The van der Waals surface area contributed by atoms with Gasteiger partial charge in [-0.3, -0.25) is 9.59 Å². The van der Waals surface area contributed by atoms with Crippen LogP contribution >= 0.6 is 0 Å². The predicted octanol–water partition coefficient (Wildman–Crippen LogP) is 7.08. The summed E-state index contributed by atoms with van der Waals surface area (Å²) in [5.74, 6) is 1.42. The zero-order valence-electron chi connectivity index (χ0n) is 27.5. The average molecular weight is 577 g/mol. The normalized spacial score (nSPS) is 41.5. The monoisotopic (exact) mass is 576 g/mol. The van der Waals surface area contributed by atoms with Crippen molar-refractivity contribution >= 4 is 11.9 Å². The van der Waals surface area contributed by atoms with Crippen LogP contribution in [0.25, 0.3) is 0 Å². The molecule has 0 radical (unpaired) electrons. The fraction of sp³-hybridized carbons (Fsp3) is 0.943. The van der Waals surface area contributed by atoms with Gasteiger partial charge in [0.1, 0.15) is 11.7 Å². The van der Waals surface area contributed by atoms with Crippen molar-refractivity contribution in [2.45, 2.75) is 157 Å². The zero-order valence-corrected chi connectivity index (χ0v) is 27.5. The van der Waals surface area contributed by atoms with Crippen LogP contribution in [0.15, 0.2) is 0 Å². The van der Waals surface area contributed by atoms with Gasteiger partial charge in [-0.25, -0.2) is 0 Å². The lowest BCUT2D eigenvalue weighted by atomic mass is 9.43. The Bertz CT molecular complexity index is 958. The van der Waals surface area contributed by atoms with Crippen LogP contribution in [0, 0.1) is 51.8 Å². The van der Waals surface area contributed by atoms with Crippen molar-refractivity contribution in [1.82, 2.24) is 0 Å². The summed E-state index contributed by atoms with van der Waals surface area (Å²) in [7, 11) is 0. The molecule has 0 heterocycles. The molecule has 0 aromatic heterocycles. The summed E-state index contributed by atoms with van der Waals surface area (Å²) < 4.78 is 11.7. The van der Waals surface area contributed by atoms with E-state index in [2.05, 4.69) is 20.8 Å². The first-order valence-electron chi connectivity index (χ1n) is 16.8. The first kappa shape index (κ1) is 32.8. The summed E-state index contributed by atoms with van der Waals surface area (Å²) >= 11 is 0. The van der Waals surface area contributed by atoms with Crippen molar-refractivity contribution in [2.75, 3.05) is 0 Å². The van der Waals surface area contributed by atoms with Gasteiger partial charge in [0.2, 0.25) is 0 Å². The van der Waals surface area contributed by atoms with Gasteiger partial charge in [-0.1, -0.05) is 34.6 Å². The molecule has 4 saturated carbocycles. The Morgan fingerprint density at radius 2 is 1.63 bits per heavy atom. The minimum Gasteiger partial charge on any atom is -0.462 e. The number of esters is 2. The summed E-state index contributed by atoms with van der Waals surface area (Å²) in [6.45, 7) is 18.8. The summed E-state index contributed by atoms with van der Waals surface area (Å²) in [5, 5.41) is 23.6. The molecule has 0 aromatic rings. The lowest BCUT2D eigenvalue weighted by Crippen LogP contribution is -2.62. The van der Waals surface area contributed by atoms with Crippen molar-refractivity contribution in [3.8, 4) is 0 Å². The molecule has 4 aliphatic carbocycles. The number of hydrogen-bond donors (Lipinski definition) is 2. The molecule has 0 spiro atoms. The lowest BCUT2D eigenvalue weighted by molar-refractivity contribution is -0.210. The first-order chi connectivity index (χ1) is 19.0. The first-order valence-corrected chi connectivity index (χ1v) is 16.8. The lowest BCUT2D eigenvalue weighted by Gasteiger charge is -2.63. The Hall–Kier alpha value is -1.14. The molecule has 236 valence electrons. The average Bonchev–Trinajstić information content (AvgIpc) is 3.26. The Morgan fingerprint density at radius 1 is 0.951 bits per heavy atom. The summed E-state index contributed by atoms with van der Waals surface area (Å²) in [6, 6.07) is 0. The quantitative estimate of drug-likeness (QED) is 0.285. The number of aliphatic hydroxyl groups excluding tert-OH is 2. The van der Waals surface area contributed by atoms with Crippen LogP contribution in [0.4, 0.5) is 0 Å². The fourth-order valence-electron chi connectivity index (χ4n) is 9.66. The van der Waals surface area contributed by atoms with Gasteiger partial charge in [-0.05, 0) is 138 Å². The van der Waals surface area contributed by atoms with Crippen LogP contribution in [-0.4, -0.2) is 46.1 Å². The zero-order chi connectivity index (χ0) is 30.5.